The minimum Gasteiger partial charge on any atom is -0.392 e. The number of nitrogens with zero attached hydrogens (tertiary/aromatic N) is 3. The molecule has 4 rings (SSSR count). The van der Waals surface area contributed by atoms with Gasteiger partial charge in [0.05, 0.1) is 23.9 Å². The summed E-state index contributed by atoms with van der Waals surface area (Å²) >= 11 is 0. The second-order valence-electron chi connectivity index (χ2n) is 8.02. The highest BCUT2D eigenvalue weighted by molar-refractivity contribution is 5.83. The van der Waals surface area contributed by atoms with Crippen molar-refractivity contribution < 1.29 is 5.11 Å². The van der Waals surface area contributed by atoms with Gasteiger partial charge in [-0.05, 0) is 47.7 Å². The zero-order valence-corrected chi connectivity index (χ0v) is 17.6. The average Bonchev–Trinajstić information content (AvgIpc) is 2.81. The number of benzene rings is 2. The number of nitriles is 1. The molecule has 0 radical (unpaired) electrons. The number of rotatable bonds is 4. The minimum absolute atomic E-state index is 0.0300. The van der Waals surface area contributed by atoms with Crippen LogP contribution in [-0.4, -0.2) is 28.8 Å². The third kappa shape index (κ3) is 4.11. The summed E-state index contributed by atoms with van der Waals surface area (Å²) in [4.78, 5) is 15.5. The minimum atomic E-state index is -0.0471. The van der Waals surface area contributed by atoms with E-state index < -0.39 is 0 Å². The smallest absolute Gasteiger partial charge is 0.274 e. The Morgan fingerprint density at radius 2 is 1.68 bits per heavy atom. The molecule has 0 aliphatic carbocycles. The van der Waals surface area contributed by atoms with Gasteiger partial charge in [-0.2, -0.15) is 5.26 Å². The maximum atomic E-state index is 13.4. The van der Waals surface area contributed by atoms with Crippen molar-refractivity contribution in [3.05, 3.63) is 76.1 Å². The molecule has 2 aromatic carbocycles. The number of aliphatic hydroxyl groups is 1. The molecule has 31 heavy (non-hydrogen) atoms. The summed E-state index contributed by atoms with van der Waals surface area (Å²) in [5.41, 5.74) is 11.6. The van der Waals surface area contributed by atoms with Crippen LogP contribution in [0.4, 0.5) is 5.69 Å². The maximum absolute atomic E-state index is 13.4. The SMILES string of the molecule is Cn1c(-c2ccc(CO)cc2)c(-c2ccc(C#N)cc2)cc(N2CCC(N)CC2)c1=O. The maximum Gasteiger partial charge on any atom is 0.274 e. The molecule has 0 spiro atoms. The molecule has 0 bridgehead atoms. The van der Waals surface area contributed by atoms with E-state index in [4.69, 9.17) is 11.0 Å². The Morgan fingerprint density at radius 1 is 1.06 bits per heavy atom. The van der Waals surface area contributed by atoms with Crippen molar-refractivity contribution in [2.75, 3.05) is 18.0 Å². The molecule has 1 aliphatic heterocycles. The molecule has 0 amide bonds. The lowest BCUT2D eigenvalue weighted by Crippen LogP contribution is -2.42. The number of anilines is 1. The Kier molecular flexibility index (Phi) is 5.90. The van der Waals surface area contributed by atoms with Gasteiger partial charge < -0.3 is 20.3 Å². The second-order valence-corrected chi connectivity index (χ2v) is 8.02. The average molecular weight is 415 g/mol. The fourth-order valence-corrected chi connectivity index (χ4v) is 4.15. The van der Waals surface area contributed by atoms with Gasteiger partial charge in [0.25, 0.3) is 5.56 Å². The number of aliphatic hydroxyl groups excluding tert-OH is 1. The van der Waals surface area contributed by atoms with Crippen molar-refractivity contribution in [1.29, 1.82) is 5.26 Å². The first-order valence-corrected chi connectivity index (χ1v) is 10.5. The Bertz CT molecular complexity index is 1170. The van der Waals surface area contributed by atoms with Crippen molar-refractivity contribution >= 4 is 5.69 Å². The molecular weight excluding hydrogens is 388 g/mol. The van der Waals surface area contributed by atoms with Crippen molar-refractivity contribution in [3.8, 4) is 28.5 Å². The summed E-state index contributed by atoms with van der Waals surface area (Å²) < 4.78 is 1.70. The number of aromatic nitrogens is 1. The lowest BCUT2D eigenvalue weighted by Gasteiger charge is -2.32. The molecule has 2 heterocycles. The third-order valence-corrected chi connectivity index (χ3v) is 6.01. The zero-order valence-electron chi connectivity index (χ0n) is 17.6. The molecular formula is C25H26N4O2. The van der Waals surface area contributed by atoms with Gasteiger partial charge in [0, 0.05) is 31.7 Å². The summed E-state index contributed by atoms with van der Waals surface area (Å²) in [6, 6.07) is 19.3. The number of nitrogens with two attached hydrogens (primary N) is 1. The first-order valence-electron chi connectivity index (χ1n) is 10.5. The van der Waals surface area contributed by atoms with E-state index in [1.54, 1.807) is 23.7 Å². The van der Waals surface area contributed by atoms with Crippen LogP contribution >= 0.6 is 0 Å². The Morgan fingerprint density at radius 3 is 2.26 bits per heavy atom. The topological polar surface area (TPSA) is 95.3 Å². The number of pyridine rings is 1. The van der Waals surface area contributed by atoms with Crippen molar-refractivity contribution in [2.24, 2.45) is 12.8 Å². The van der Waals surface area contributed by atoms with Gasteiger partial charge in [-0.15, -0.1) is 0 Å². The molecule has 6 heteroatoms. The molecule has 1 fully saturated rings. The highest BCUT2D eigenvalue weighted by Crippen LogP contribution is 2.34. The Labute approximate surface area is 181 Å². The molecule has 3 N–H and O–H groups in total. The Balaban J connectivity index is 1.90. The molecule has 0 saturated carbocycles. The van der Waals surface area contributed by atoms with Gasteiger partial charge >= 0.3 is 0 Å². The summed E-state index contributed by atoms with van der Waals surface area (Å²) in [7, 11) is 1.80. The molecule has 0 unspecified atom stereocenters. The largest absolute Gasteiger partial charge is 0.392 e. The number of piperidine rings is 1. The number of hydrogen-bond donors (Lipinski definition) is 2. The molecule has 1 aromatic heterocycles. The van der Waals surface area contributed by atoms with Gasteiger partial charge in [0.1, 0.15) is 5.69 Å². The van der Waals surface area contributed by atoms with E-state index in [0.717, 1.165) is 53.9 Å². The van der Waals surface area contributed by atoms with Crippen LogP contribution in [0.2, 0.25) is 0 Å². The van der Waals surface area contributed by atoms with E-state index in [0.29, 0.717) is 11.3 Å². The predicted octanol–water partition coefficient (Wildman–Crippen LogP) is 3.01. The van der Waals surface area contributed by atoms with Crippen LogP contribution in [0.15, 0.2) is 59.4 Å². The summed E-state index contributed by atoms with van der Waals surface area (Å²) in [6.07, 6.45) is 1.72. The van der Waals surface area contributed by atoms with Gasteiger partial charge in [0.2, 0.25) is 0 Å². The molecule has 6 nitrogen and oxygen atoms in total. The molecule has 1 aliphatic rings. The van der Waals surface area contributed by atoms with Crippen LogP contribution in [-0.2, 0) is 13.7 Å². The predicted molar refractivity (Wildman–Crippen MR) is 123 cm³/mol. The zero-order chi connectivity index (χ0) is 22.0. The first kappa shape index (κ1) is 20.9. The molecule has 158 valence electrons. The van der Waals surface area contributed by atoms with Crippen LogP contribution in [0.25, 0.3) is 22.4 Å². The Hall–Kier alpha value is -3.40. The van der Waals surface area contributed by atoms with Gasteiger partial charge in [0.15, 0.2) is 0 Å². The van der Waals surface area contributed by atoms with Crippen molar-refractivity contribution in [1.82, 2.24) is 4.57 Å². The van der Waals surface area contributed by atoms with Crippen LogP contribution in [0.5, 0.6) is 0 Å². The van der Waals surface area contributed by atoms with E-state index in [1.807, 2.05) is 42.5 Å². The molecule has 1 saturated heterocycles. The molecule has 3 aromatic rings. The van der Waals surface area contributed by atoms with Crippen LogP contribution in [0, 0.1) is 11.3 Å². The van der Waals surface area contributed by atoms with E-state index in [9.17, 15) is 9.90 Å². The fraction of sp³-hybridized carbons (Fsp3) is 0.280. The number of hydrogen-bond acceptors (Lipinski definition) is 5. The monoisotopic (exact) mass is 414 g/mol. The summed E-state index contributed by atoms with van der Waals surface area (Å²) in [6.45, 7) is 1.49. The molecule has 0 atom stereocenters. The summed E-state index contributed by atoms with van der Waals surface area (Å²) in [5, 5.41) is 18.5. The summed E-state index contributed by atoms with van der Waals surface area (Å²) in [5.74, 6) is 0. The van der Waals surface area contributed by atoms with E-state index >= 15 is 0 Å². The van der Waals surface area contributed by atoms with Gasteiger partial charge in [-0.1, -0.05) is 36.4 Å². The van der Waals surface area contributed by atoms with E-state index in [-0.39, 0.29) is 18.2 Å². The quantitative estimate of drug-likeness (QED) is 0.684. The van der Waals surface area contributed by atoms with Crippen LogP contribution in [0.1, 0.15) is 24.0 Å². The third-order valence-electron chi connectivity index (χ3n) is 6.01. The van der Waals surface area contributed by atoms with Crippen molar-refractivity contribution in [3.63, 3.8) is 0 Å². The van der Waals surface area contributed by atoms with E-state index in [2.05, 4.69) is 11.0 Å². The van der Waals surface area contributed by atoms with Crippen LogP contribution < -0.4 is 16.2 Å². The lowest BCUT2D eigenvalue weighted by atomic mass is 9.96. The highest BCUT2D eigenvalue weighted by Gasteiger charge is 2.22. The highest BCUT2D eigenvalue weighted by atomic mass is 16.3. The van der Waals surface area contributed by atoms with Gasteiger partial charge in [-0.25, -0.2) is 0 Å². The lowest BCUT2D eigenvalue weighted by molar-refractivity contribution is 0.282. The van der Waals surface area contributed by atoms with Gasteiger partial charge in [-0.3, -0.25) is 4.79 Å². The van der Waals surface area contributed by atoms with Crippen LogP contribution in [0.3, 0.4) is 0 Å². The standard InChI is InChI=1S/C25H26N4O2/c1-28-24(20-8-4-18(16-30)5-9-20)22(19-6-2-17(15-26)3-7-19)14-23(25(28)31)29-12-10-21(27)11-13-29/h2-9,14,21,30H,10-13,16,27H2,1H3. The second kappa shape index (κ2) is 8.76. The normalized spacial score (nSPS) is 14.5. The van der Waals surface area contributed by atoms with Crippen molar-refractivity contribution in [2.45, 2.75) is 25.5 Å². The fourth-order valence-electron chi connectivity index (χ4n) is 4.15. The van der Waals surface area contributed by atoms with E-state index in [1.165, 1.54) is 0 Å². The first-order chi connectivity index (χ1) is 15.0.